The van der Waals surface area contributed by atoms with Gasteiger partial charge in [0.25, 0.3) is 0 Å². The van der Waals surface area contributed by atoms with Crippen LogP contribution in [0.25, 0.3) is 28.3 Å². The third-order valence-electron chi connectivity index (χ3n) is 3.86. The standard InChI is InChI=1S/C18H10BrClIN3O2/c1-9-5-11(21)7-12-15(9)23-17(26-18(12)25)14-6-10(19)8-24(14)16-13(20)3-2-4-22-16/h2-8H,1H3. The highest BCUT2D eigenvalue weighted by molar-refractivity contribution is 14.1. The van der Waals surface area contributed by atoms with Gasteiger partial charge in [0.2, 0.25) is 5.89 Å². The van der Waals surface area contributed by atoms with E-state index in [-0.39, 0.29) is 5.89 Å². The maximum Gasteiger partial charge on any atom is 0.347 e. The first-order chi connectivity index (χ1) is 12.4. The molecule has 0 atom stereocenters. The molecule has 4 aromatic rings. The number of nitrogens with zero attached hydrogens (tertiary/aromatic N) is 3. The predicted molar refractivity (Wildman–Crippen MR) is 113 cm³/mol. The van der Waals surface area contributed by atoms with Gasteiger partial charge in [-0.15, -0.1) is 0 Å². The summed E-state index contributed by atoms with van der Waals surface area (Å²) in [7, 11) is 0. The van der Waals surface area contributed by atoms with Crippen molar-refractivity contribution in [1.82, 2.24) is 14.5 Å². The number of benzene rings is 1. The molecule has 4 rings (SSSR count). The van der Waals surface area contributed by atoms with Gasteiger partial charge in [-0.2, -0.15) is 0 Å². The summed E-state index contributed by atoms with van der Waals surface area (Å²) < 4.78 is 9.01. The minimum absolute atomic E-state index is 0.208. The van der Waals surface area contributed by atoms with Gasteiger partial charge in [0.1, 0.15) is 5.69 Å². The van der Waals surface area contributed by atoms with Gasteiger partial charge < -0.3 is 4.42 Å². The molecular weight excluding hydrogens is 532 g/mol. The molecule has 0 saturated heterocycles. The first kappa shape index (κ1) is 17.7. The lowest BCUT2D eigenvalue weighted by molar-refractivity contribution is 0.514. The van der Waals surface area contributed by atoms with Crippen LogP contribution in [0.1, 0.15) is 5.56 Å². The van der Waals surface area contributed by atoms with Gasteiger partial charge in [0.15, 0.2) is 5.82 Å². The van der Waals surface area contributed by atoms with E-state index < -0.39 is 5.63 Å². The average molecular weight is 543 g/mol. The summed E-state index contributed by atoms with van der Waals surface area (Å²) in [5.41, 5.74) is 1.68. The molecule has 8 heteroatoms. The Bertz CT molecular complexity index is 1220. The molecule has 0 bridgehead atoms. The van der Waals surface area contributed by atoms with E-state index in [0.29, 0.717) is 27.4 Å². The number of hydrogen-bond donors (Lipinski definition) is 0. The van der Waals surface area contributed by atoms with Crippen LogP contribution in [0.3, 0.4) is 0 Å². The summed E-state index contributed by atoms with van der Waals surface area (Å²) in [6, 6.07) is 9.06. The van der Waals surface area contributed by atoms with Crippen molar-refractivity contribution < 1.29 is 4.42 Å². The van der Waals surface area contributed by atoms with Crippen LogP contribution in [-0.2, 0) is 0 Å². The van der Waals surface area contributed by atoms with E-state index >= 15 is 0 Å². The zero-order valence-electron chi connectivity index (χ0n) is 13.3. The van der Waals surface area contributed by atoms with E-state index in [1.54, 1.807) is 35.2 Å². The number of aromatic nitrogens is 3. The van der Waals surface area contributed by atoms with Gasteiger partial charge >= 0.3 is 5.63 Å². The van der Waals surface area contributed by atoms with Crippen LogP contribution in [-0.4, -0.2) is 14.5 Å². The maximum atomic E-state index is 12.5. The Morgan fingerprint density at radius 3 is 2.88 bits per heavy atom. The van der Waals surface area contributed by atoms with Gasteiger partial charge in [-0.05, 0) is 81.3 Å². The number of hydrogen-bond acceptors (Lipinski definition) is 4. The third kappa shape index (κ3) is 3.08. The average Bonchev–Trinajstić information content (AvgIpc) is 2.97. The van der Waals surface area contributed by atoms with E-state index in [0.717, 1.165) is 13.6 Å². The SMILES string of the molecule is Cc1cc(I)cc2c(=O)oc(-c3cc(Br)cn3-c3ncccc3Cl)nc12. The van der Waals surface area contributed by atoms with Crippen LogP contribution in [0.4, 0.5) is 0 Å². The van der Waals surface area contributed by atoms with E-state index in [1.165, 1.54) is 0 Å². The lowest BCUT2D eigenvalue weighted by Gasteiger charge is -2.09. The number of pyridine rings is 1. The van der Waals surface area contributed by atoms with Gasteiger partial charge in [0.05, 0.1) is 15.9 Å². The summed E-state index contributed by atoms with van der Waals surface area (Å²) in [6.07, 6.45) is 3.45. The molecule has 0 N–H and O–H groups in total. The molecule has 5 nitrogen and oxygen atoms in total. The Balaban J connectivity index is 2.01. The molecule has 130 valence electrons. The topological polar surface area (TPSA) is 60.9 Å². The molecule has 3 heterocycles. The Morgan fingerprint density at radius 2 is 2.12 bits per heavy atom. The number of fused-ring (bicyclic) bond motifs is 1. The van der Waals surface area contributed by atoms with Crippen molar-refractivity contribution in [1.29, 1.82) is 0 Å². The van der Waals surface area contributed by atoms with Crippen molar-refractivity contribution in [2.45, 2.75) is 6.92 Å². The van der Waals surface area contributed by atoms with Crippen LogP contribution in [0.15, 0.2) is 56.4 Å². The molecular formula is C18H10BrClIN3O2. The smallest absolute Gasteiger partial charge is 0.347 e. The van der Waals surface area contributed by atoms with Crippen molar-refractivity contribution in [3.8, 4) is 17.4 Å². The van der Waals surface area contributed by atoms with Crippen molar-refractivity contribution >= 4 is 61.0 Å². The fourth-order valence-electron chi connectivity index (χ4n) is 2.74. The predicted octanol–water partition coefficient (Wildman–Crippen LogP) is 5.37. The normalized spacial score (nSPS) is 11.2. The van der Waals surface area contributed by atoms with Crippen LogP contribution in [0, 0.1) is 10.5 Å². The second-order valence-electron chi connectivity index (χ2n) is 5.65. The van der Waals surface area contributed by atoms with E-state index in [1.807, 2.05) is 19.1 Å². The Kier molecular flexibility index (Phi) is 4.62. The first-order valence-corrected chi connectivity index (χ1v) is 9.79. The molecule has 1 aromatic carbocycles. The highest BCUT2D eigenvalue weighted by Crippen LogP contribution is 2.30. The number of halogens is 3. The van der Waals surface area contributed by atoms with E-state index in [2.05, 4.69) is 48.5 Å². The van der Waals surface area contributed by atoms with Crippen LogP contribution in [0.2, 0.25) is 5.02 Å². The minimum atomic E-state index is -0.428. The van der Waals surface area contributed by atoms with Crippen molar-refractivity contribution in [3.63, 3.8) is 0 Å². The van der Waals surface area contributed by atoms with Gasteiger partial charge in [0, 0.05) is 20.4 Å². The third-order valence-corrected chi connectivity index (χ3v) is 5.21. The monoisotopic (exact) mass is 541 g/mol. The molecule has 26 heavy (non-hydrogen) atoms. The van der Waals surface area contributed by atoms with Crippen LogP contribution in [0.5, 0.6) is 0 Å². The number of aryl methyl sites for hydroxylation is 1. The van der Waals surface area contributed by atoms with Crippen molar-refractivity contribution in [3.05, 3.63) is 71.8 Å². The zero-order chi connectivity index (χ0) is 18.4. The molecule has 0 fully saturated rings. The second kappa shape index (κ2) is 6.79. The minimum Gasteiger partial charge on any atom is -0.401 e. The lowest BCUT2D eigenvalue weighted by atomic mass is 10.1. The molecule has 0 spiro atoms. The van der Waals surface area contributed by atoms with Gasteiger partial charge in [-0.25, -0.2) is 14.8 Å². The second-order valence-corrected chi connectivity index (χ2v) is 8.22. The summed E-state index contributed by atoms with van der Waals surface area (Å²) in [4.78, 5) is 21.4. The van der Waals surface area contributed by atoms with Gasteiger partial charge in [-0.1, -0.05) is 11.6 Å². The lowest BCUT2D eigenvalue weighted by Crippen LogP contribution is -2.07. The molecule has 3 aromatic heterocycles. The molecule has 0 radical (unpaired) electrons. The fraction of sp³-hybridized carbons (Fsp3) is 0.0556. The maximum absolute atomic E-state index is 12.5. The molecule has 0 aliphatic rings. The Labute approximate surface area is 175 Å². The van der Waals surface area contributed by atoms with Crippen LogP contribution < -0.4 is 5.63 Å². The molecule has 0 aliphatic heterocycles. The highest BCUT2D eigenvalue weighted by atomic mass is 127. The molecule has 0 aliphatic carbocycles. The van der Waals surface area contributed by atoms with E-state index in [9.17, 15) is 4.79 Å². The fourth-order valence-corrected chi connectivity index (χ4v) is 4.15. The molecule has 0 unspecified atom stereocenters. The van der Waals surface area contributed by atoms with Crippen molar-refractivity contribution in [2.24, 2.45) is 0 Å². The quantitative estimate of drug-likeness (QED) is 0.320. The Morgan fingerprint density at radius 1 is 1.31 bits per heavy atom. The zero-order valence-corrected chi connectivity index (χ0v) is 17.8. The number of rotatable bonds is 2. The highest BCUT2D eigenvalue weighted by Gasteiger charge is 2.18. The largest absolute Gasteiger partial charge is 0.401 e. The summed E-state index contributed by atoms with van der Waals surface area (Å²) in [5, 5.41) is 0.942. The summed E-state index contributed by atoms with van der Waals surface area (Å²) in [5.74, 6) is 0.734. The van der Waals surface area contributed by atoms with Crippen LogP contribution >= 0.6 is 50.1 Å². The summed E-state index contributed by atoms with van der Waals surface area (Å²) in [6.45, 7) is 1.92. The summed E-state index contributed by atoms with van der Waals surface area (Å²) >= 11 is 11.9. The van der Waals surface area contributed by atoms with Gasteiger partial charge in [-0.3, -0.25) is 4.57 Å². The first-order valence-electron chi connectivity index (χ1n) is 7.54. The molecule has 0 saturated carbocycles. The Hall–Kier alpha value is -1.71. The van der Waals surface area contributed by atoms with Crippen molar-refractivity contribution in [2.75, 3.05) is 0 Å². The van der Waals surface area contributed by atoms with E-state index in [4.69, 9.17) is 16.0 Å². The molecule has 0 amide bonds.